The second-order valence-electron chi connectivity index (χ2n) is 7.57. The molecule has 0 N–H and O–H groups in total. The first-order valence-corrected chi connectivity index (χ1v) is 12.5. The summed E-state index contributed by atoms with van der Waals surface area (Å²) in [5.74, 6) is 0.0742. The van der Waals surface area contributed by atoms with Gasteiger partial charge in [0.25, 0.3) is 0 Å². The van der Waals surface area contributed by atoms with Crippen LogP contribution in [0.3, 0.4) is 0 Å². The van der Waals surface area contributed by atoms with Gasteiger partial charge in [-0.15, -0.1) is 0 Å². The normalized spacial score (nSPS) is 13.8. The predicted molar refractivity (Wildman–Crippen MR) is 150 cm³/mol. The molecular formula is C29H18I2O. The van der Waals surface area contributed by atoms with Crippen LogP contribution in [0.15, 0.2) is 109 Å². The van der Waals surface area contributed by atoms with Crippen LogP contribution in [0.1, 0.15) is 22.3 Å². The zero-order valence-electron chi connectivity index (χ0n) is 17.1. The Balaban J connectivity index is 1.86. The van der Waals surface area contributed by atoms with Gasteiger partial charge in [-0.2, -0.15) is 0 Å². The molecule has 0 heterocycles. The number of hydrogen-bond acceptors (Lipinski definition) is 1. The number of halogens is 2. The lowest BCUT2D eigenvalue weighted by Gasteiger charge is -2.13. The third-order valence-corrected chi connectivity index (χ3v) is 7.03. The number of hydrogen-bond donors (Lipinski definition) is 0. The number of rotatable bonds is 4. The molecule has 0 unspecified atom stereocenters. The highest BCUT2D eigenvalue weighted by atomic mass is 127. The van der Waals surface area contributed by atoms with Crippen molar-refractivity contribution in [2.75, 3.05) is 0 Å². The van der Waals surface area contributed by atoms with Gasteiger partial charge in [0.2, 0.25) is 0 Å². The van der Waals surface area contributed by atoms with Crippen molar-refractivity contribution in [3.8, 4) is 0 Å². The fourth-order valence-electron chi connectivity index (χ4n) is 4.17. The molecule has 0 saturated carbocycles. The minimum absolute atomic E-state index is 0.0742. The molecule has 0 radical (unpaired) electrons. The summed E-state index contributed by atoms with van der Waals surface area (Å²) in [4.78, 5) is 14.1. The van der Waals surface area contributed by atoms with Gasteiger partial charge in [0, 0.05) is 29.4 Å². The van der Waals surface area contributed by atoms with Crippen molar-refractivity contribution in [3.63, 3.8) is 0 Å². The molecule has 0 amide bonds. The Hall–Kier alpha value is -2.51. The molecule has 0 aromatic heterocycles. The molecule has 1 aliphatic rings. The molecule has 0 spiro atoms. The van der Waals surface area contributed by atoms with E-state index in [0.717, 1.165) is 51.7 Å². The van der Waals surface area contributed by atoms with E-state index in [1.807, 2.05) is 36.4 Å². The Morgan fingerprint density at radius 2 is 0.688 bits per heavy atom. The van der Waals surface area contributed by atoms with Crippen LogP contribution in [-0.2, 0) is 4.79 Å². The lowest BCUT2D eigenvalue weighted by atomic mass is 9.89. The van der Waals surface area contributed by atoms with E-state index in [0.29, 0.717) is 0 Å². The van der Waals surface area contributed by atoms with Gasteiger partial charge in [-0.1, -0.05) is 84.9 Å². The van der Waals surface area contributed by atoms with Gasteiger partial charge in [-0.05, 0) is 91.7 Å². The monoisotopic (exact) mass is 636 g/mol. The molecule has 0 bridgehead atoms. The van der Waals surface area contributed by atoms with Crippen LogP contribution in [0.5, 0.6) is 0 Å². The van der Waals surface area contributed by atoms with E-state index in [2.05, 4.69) is 118 Å². The van der Waals surface area contributed by atoms with E-state index in [1.54, 1.807) is 0 Å². The number of carbonyl (C=O) groups excluding carboxylic acids is 1. The largest absolute Gasteiger partial charge is 0.289 e. The summed E-state index contributed by atoms with van der Waals surface area (Å²) >= 11 is 4.60. The van der Waals surface area contributed by atoms with Crippen LogP contribution >= 0.6 is 45.2 Å². The van der Waals surface area contributed by atoms with E-state index in [-0.39, 0.29) is 5.78 Å². The maximum atomic E-state index is 14.1. The van der Waals surface area contributed by atoms with E-state index in [4.69, 9.17) is 0 Å². The molecule has 1 nitrogen and oxygen atoms in total. The molecule has 32 heavy (non-hydrogen) atoms. The summed E-state index contributed by atoms with van der Waals surface area (Å²) < 4.78 is 2.29. The fraction of sp³-hybridized carbons (Fsp3) is 0. The summed E-state index contributed by atoms with van der Waals surface area (Å²) in [5.41, 5.74) is 7.52. The van der Waals surface area contributed by atoms with Crippen LogP contribution in [0, 0.1) is 7.14 Å². The van der Waals surface area contributed by atoms with Gasteiger partial charge in [0.05, 0.1) is 0 Å². The zero-order valence-corrected chi connectivity index (χ0v) is 21.4. The van der Waals surface area contributed by atoms with E-state index < -0.39 is 0 Å². The van der Waals surface area contributed by atoms with Crippen LogP contribution < -0.4 is 0 Å². The second kappa shape index (κ2) is 9.16. The fourth-order valence-corrected chi connectivity index (χ4v) is 4.89. The Kier molecular flexibility index (Phi) is 6.11. The highest BCUT2D eigenvalue weighted by Gasteiger charge is 2.35. The van der Waals surface area contributed by atoms with Crippen molar-refractivity contribution in [1.29, 1.82) is 0 Å². The Morgan fingerprint density at radius 3 is 1.03 bits per heavy atom. The lowest BCUT2D eigenvalue weighted by molar-refractivity contribution is -0.108. The van der Waals surface area contributed by atoms with Crippen molar-refractivity contribution in [2.24, 2.45) is 0 Å². The molecule has 154 valence electrons. The summed E-state index contributed by atoms with van der Waals surface area (Å²) in [6.07, 6.45) is 0. The van der Waals surface area contributed by atoms with Gasteiger partial charge in [-0.3, -0.25) is 4.79 Å². The predicted octanol–water partition coefficient (Wildman–Crippen LogP) is 8.00. The molecule has 0 fully saturated rings. The van der Waals surface area contributed by atoms with Crippen LogP contribution in [0.4, 0.5) is 0 Å². The van der Waals surface area contributed by atoms with Gasteiger partial charge < -0.3 is 0 Å². The smallest absolute Gasteiger partial charge is 0.195 e. The highest BCUT2D eigenvalue weighted by Crippen LogP contribution is 2.49. The maximum Gasteiger partial charge on any atom is 0.195 e. The number of Topliss-reactive ketones (excluding diaryl/α,β-unsaturated/α-hetero) is 1. The van der Waals surface area contributed by atoms with Crippen molar-refractivity contribution in [1.82, 2.24) is 0 Å². The first-order chi connectivity index (χ1) is 15.6. The van der Waals surface area contributed by atoms with E-state index >= 15 is 0 Å². The summed E-state index contributed by atoms with van der Waals surface area (Å²) in [6.45, 7) is 0. The Labute approximate surface area is 215 Å². The number of benzene rings is 4. The minimum atomic E-state index is 0.0742. The third kappa shape index (κ3) is 3.99. The first-order valence-electron chi connectivity index (χ1n) is 10.3. The van der Waals surface area contributed by atoms with Crippen molar-refractivity contribution >= 4 is 73.3 Å². The lowest BCUT2D eigenvalue weighted by Crippen LogP contribution is -2.02. The topological polar surface area (TPSA) is 17.1 Å². The second-order valence-corrected chi connectivity index (χ2v) is 10.1. The van der Waals surface area contributed by atoms with Crippen molar-refractivity contribution in [2.45, 2.75) is 0 Å². The molecule has 1 aliphatic carbocycles. The molecule has 3 heteroatoms. The van der Waals surface area contributed by atoms with Crippen LogP contribution in [0.2, 0.25) is 0 Å². The number of allylic oxidation sites excluding steroid dienone is 4. The molecular weight excluding hydrogens is 618 g/mol. The highest BCUT2D eigenvalue weighted by molar-refractivity contribution is 14.1. The van der Waals surface area contributed by atoms with Gasteiger partial charge in [0.15, 0.2) is 5.78 Å². The molecule has 0 atom stereocenters. The molecule has 4 aromatic carbocycles. The SMILES string of the molecule is O=C1C(c2ccc(I)cc2)=C(c2ccccc2)C(c2ccccc2)=C1c1ccc(I)cc1. The Morgan fingerprint density at radius 1 is 0.375 bits per heavy atom. The molecule has 0 saturated heterocycles. The average molecular weight is 636 g/mol. The molecule has 0 aliphatic heterocycles. The summed E-state index contributed by atoms with van der Waals surface area (Å²) in [6, 6.07) is 37.0. The number of ketones is 1. The van der Waals surface area contributed by atoms with E-state index in [1.165, 1.54) is 0 Å². The third-order valence-electron chi connectivity index (χ3n) is 5.59. The summed E-state index contributed by atoms with van der Waals surface area (Å²) in [7, 11) is 0. The van der Waals surface area contributed by atoms with Gasteiger partial charge in [0.1, 0.15) is 0 Å². The number of carbonyl (C=O) groups is 1. The van der Waals surface area contributed by atoms with Gasteiger partial charge >= 0.3 is 0 Å². The minimum Gasteiger partial charge on any atom is -0.289 e. The molecule has 5 rings (SSSR count). The van der Waals surface area contributed by atoms with Crippen LogP contribution in [-0.4, -0.2) is 5.78 Å². The maximum absolute atomic E-state index is 14.1. The van der Waals surface area contributed by atoms with Gasteiger partial charge in [-0.25, -0.2) is 0 Å². The zero-order chi connectivity index (χ0) is 22.1. The van der Waals surface area contributed by atoms with Crippen molar-refractivity contribution < 1.29 is 4.79 Å². The van der Waals surface area contributed by atoms with E-state index in [9.17, 15) is 4.79 Å². The molecule has 4 aromatic rings. The Bertz CT molecular complexity index is 1240. The summed E-state index contributed by atoms with van der Waals surface area (Å²) in [5, 5.41) is 0. The first kappa shape index (κ1) is 21.3. The average Bonchev–Trinajstić information content (AvgIpc) is 3.14. The van der Waals surface area contributed by atoms with Crippen LogP contribution in [0.25, 0.3) is 22.3 Å². The van der Waals surface area contributed by atoms with Crippen molar-refractivity contribution in [3.05, 3.63) is 139 Å². The quantitative estimate of drug-likeness (QED) is 0.208. The standard InChI is InChI=1S/C29H18I2O/c30-23-15-11-21(12-16-23)27-25(19-7-3-1-4-8-19)26(20-9-5-2-6-10-20)28(29(27)32)22-13-17-24(31)18-14-22/h1-18H.